The summed E-state index contributed by atoms with van der Waals surface area (Å²) in [4.78, 5) is 14.3. The van der Waals surface area contributed by atoms with Crippen molar-refractivity contribution in [3.8, 4) is 0 Å². The van der Waals surface area contributed by atoms with E-state index in [0.29, 0.717) is 19.5 Å². The predicted molar refractivity (Wildman–Crippen MR) is 81.4 cm³/mol. The molecule has 1 amide bonds. The van der Waals surface area contributed by atoms with E-state index in [4.69, 9.17) is 10.8 Å². The van der Waals surface area contributed by atoms with E-state index in [1.54, 1.807) is 0 Å². The zero-order chi connectivity index (χ0) is 15.0. The number of nitrogens with two attached hydrogens (primary N) is 1. The Morgan fingerprint density at radius 3 is 2.75 bits per heavy atom. The first kappa shape index (κ1) is 16.6. The Morgan fingerprint density at radius 1 is 1.45 bits per heavy atom. The van der Waals surface area contributed by atoms with E-state index in [9.17, 15) is 4.79 Å². The van der Waals surface area contributed by atoms with Gasteiger partial charge in [-0.2, -0.15) is 0 Å². The van der Waals surface area contributed by atoms with Gasteiger partial charge < -0.3 is 16.2 Å². The van der Waals surface area contributed by atoms with Gasteiger partial charge in [-0.05, 0) is 31.5 Å². The molecule has 0 radical (unpaired) electrons. The molecule has 1 aromatic carbocycles. The molecule has 0 saturated heterocycles. The van der Waals surface area contributed by atoms with Crippen LogP contribution in [-0.4, -0.2) is 41.7 Å². The molecule has 0 fully saturated rings. The second-order valence-corrected chi connectivity index (χ2v) is 4.73. The van der Waals surface area contributed by atoms with Crippen molar-refractivity contribution in [2.75, 3.05) is 25.0 Å². The summed E-state index contributed by atoms with van der Waals surface area (Å²) in [7, 11) is 0. The van der Waals surface area contributed by atoms with Gasteiger partial charge in [0.1, 0.15) is 0 Å². The van der Waals surface area contributed by atoms with E-state index in [1.807, 2.05) is 43.0 Å². The predicted octanol–water partition coefficient (Wildman–Crippen LogP) is 1.18. The number of para-hydroxylation sites is 1. The molecule has 0 aromatic heterocycles. The van der Waals surface area contributed by atoms with Crippen molar-refractivity contribution in [1.29, 1.82) is 0 Å². The van der Waals surface area contributed by atoms with Crippen LogP contribution in [0, 0.1) is 0 Å². The van der Waals surface area contributed by atoms with Crippen LogP contribution in [0.2, 0.25) is 0 Å². The van der Waals surface area contributed by atoms with Gasteiger partial charge in [-0.1, -0.05) is 25.1 Å². The zero-order valence-corrected chi connectivity index (χ0v) is 12.3. The first-order valence-corrected chi connectivity index (χ1v) is 7.07. The molecule has 0 spiro atoms. The molecule has 0 aliphatic carbocycles. The van der Waals surface area contributed by atoms with Crippen molar-refractivity contribution in [3.05, 3.63) is 29.8 Å². The Balaban J connectivity index is 2.69. The molecule has 1 aromatic rings. The van der Waals surface area contributed by atoms with E-state index in [2.05, 4.69) is 5.32 Å². The van der Waals surface area contributed by atoms with E-state index in [0.717, 1.165) is 17.8 Å². The Labute approximate surface area is 120 Å². The standard InChI is InChI=1S/C15H25N3O2/c1-3-18(9-6-10-19)12(2)15(20)17-14-8-5-4-7-13(14)11-16/h4-5,7-8,12,19H,3,6,9-11,16H2,1-2H3,(H,17,20). The summed E-state index contributed by atoms with van der Waals surface area (Å²) in [5.41, 5.74) is 7.36. The molecular weight excluding hydrogens is 254 g/mol. The molecule has 0 heterocycles. The number of hydrogen-bond donors (Lipinski definition) is 3. The monoisotopic (exact) mass is 279 g/mol. The number of aliphatic hydroxyl groups excluding tert-OH is 1. The van der Waals surface area contributed by atoms with Crippen molar-refractivity contribution >= 4 is 11.6 Å². The number of aliphatic hydroxyl groups is 1. The number of carbonyl (C=O) groups is 1. The molecule has 5 nitrogen and oxygen atoms in total. The molecule has 112 valence electrons. The van der Waals surface area contributed by atoms with Gasteiger partial charge in [-0.3, -0.25) is 9.69 Å². The zero-order valence-electron chi connectivity index (χ0n) is 12.3. The number of anilines is 1. The Hall–Kier alpha value is -1.43. The maximum Gasteiger partial charge on any atom is 0.241 e. The lowest BCUT2D eigenvalue weighted by atomic mass is 10.1. The van der Waals surface area contributed by atoms with Crippen LogP contribution in [0.25, 0.3) is 0 Å². The normalized spacial score (nSPS) is 12.4. The number of nitrogens with one attached hydrogen (secondary N) is 1. The number of nitrogens with zero attached hydrogens (tertiary/aromatic N) is 1. The number of amides is 1. The summed E-state index contributed by atoms with van der Waals surface area (Å²) in [6.45, 7) is 5.90. The minimum absolute atomic E-state index is 0.0503. The van der Waals surface area contributed by atoms with Gasteiger partial charge >= 0.3 is 0 Å². The number of likely N-dealkylation sites (N-methyl/N-ethyl adjacent to an activating group) is 1. The quantitative estimate of drug-likeness (QED) is 0.667. The van der Waals surface area contributed by atoms with E-state index < -0.39 is 0 Å². The molecule has 0 aliphatic rings. The molecule has 1 unspecified atom stereocenters. The van der Waals surface area contributed by atoms with Crippen LogP contribution < -0.4 is 11.1 Å². The summed E-state index contributed by atoms with van der Waals surface area (Å²) < 4.78 is 0. The highest BCUT2D eigenvalue weighted by Crippen LogP contribution is 2.15. The van der Waals surface area contributed by atoms with Gasteiger partial charge in [0.15, 0.2) is 0 Å². The topological polar surface area (TPSA) is 78.6 Å². The Morgan fingerprint density at radius 2 is 2.15 bits per heavy atom. The highest BCUT2D eigenvalue weighted by molar-refractivity contribution is 5.95. The van der Waals surface area contributed by atoms with Crippen LogP contribution in [0.4, 0.5) is 5.69 Å². The molecule has 0 saturated carbocycles. The first-order valence-electron chi connectivity index (χ1n) is 7.07. The van der Waals surface area contributed by atoms with Gasteiger partial charge in [-0.15, -0.1) is 0 Å². The van der Waals surface area contributed by atoms with Gasteiger partial charge in [0.25, 0.3) is 0 Å². The van der Waals surface area contributed by atoms with Gasteiger partial charge in [0, 0.05) is 25.4 Å². The van der Waals surface area contributed by atoms with Crippen LogP contribution in [0.15, 0.2) is 24.3 Å². The molecule has 5 heteroatoms. The molecule has 0 aliphatic heterocycles. The summed E-state index contributed by atoms with van der Waals surface area (Å²) in [5.74, 6) is -0.0503. The van der Waals surface area contributed by atoms with Crippen molar-refractivity contribution in [2.45, 2.75) is 32.9 Å². The average molecular weight is 279 g/mol. The third-order valence-corrected chi connectivity index (χ3v) is 3.43. The summed E-state index contributed by atoms with van der Waals surface area (Å²) in [6.07, 6.45) is 0.671. The van der Waals surface area contributed by atoms with E-state index in [-0.39, 0.29) is 18.6 Å². The van der Waals surface area contributed by atoms with Crippen LogP contribution >= 0.6 is 0 Å². The van der Waals surface area contributed by atoms with Crippen LogP contribution in [0.1, 0.15) is 25.8 Å². The van der Waals surface area contributed by atoms with Crippen molar-refractivity contribution in [3.63, 3.8) is 0 Å². The fraction of sp³-hybridized carbons (Fsp3) is 0.533. The number of carbonyl (C=O) groups excluding carboxylic acids is 1. The first-order chi connectivity index (χ1) is 9.63. The summed E-state index contributed by atoms with van der Waals surface area (Å²) in [5, 5.41) is 11.8. The lowest BCUT2D eigenvalue weighted by Gasteiger charge is -2.26. The van der Waals surface area contributed by atoms with Crippen molar-refractivity contribution in [1.82, 2.24) is 4.90 Å². The highest BCUT2D eigenvalue weighted by atomic mass is 16.3. The summed E-state index contributed by atoms with van der Waals surface area (Å²) >= 11 is 0. The Kier molecular flexibility index (Phi) is 7.22. The van der Waals surface area contributed by atoms with Gasteiger partial charge in [0.2, 0.25) is 5.91 Å². The number of benzene rings is 1. The fourth-order valence-corrected chi connectivity index (χ4v) is 2.12. The third-order valence-electron chi connectivity index (χ3n) is 3.43. The maximum atomic E-state index is 12.3. The largest absolute Gasteiger partial charge is 0.396 e. The maximum absolute atomic E-state index is 12.3. The SMILES string of the molecule is CCN(CCCO)C(C)C(=O)Nc1ccccc1CN. The lowest BCUT2D eigenvalue weighted by molar-refractivity contribution is -0.120. The molecule has 0 bridgehead atoms. The van der Waals surface area contributed by atoms with Gasteiger partial charge in [-0.25, -0.2) is 0 Å². The van der Waals surface area contributed by atoms with Crippen LogP contribution in [-0.2, 0) is 11.3 Å². The molecular formula is C15H25N3O2. The second-order valence-electron chi connectivity index (χ2n) is 4.73. The average Bonchev–Trinajstić information content (AvgIpc) is 2.48. The Bertz CT molecular complexity index is 423. The fourth-order valence-electron chi connectivity index (χ4n) is 2.12. The number of hydrogen-bond acceptors (Lipinski definition) is 4. The molecule has 1 atom stereocenters. The highest BCUT2D eigenvalue weighted by Gasteiger charge is 2.20. The van der Waals surface area contributed by atoms with E-state index >= 15 is 0 Å². The van der Waals surface area contributed by atoms with E-state index in [1.165, 1.54) is 0 Å². The van der Waals surface area contributed by atoms with Crippen LogP contribution in [0.5, 0.6) is 0 Å². The minimum atomic E-state index is -0.239. The van der Waals surface area contributed by atoms with Gasteiger partial charge in [0.05, 0.1) is 6.04 Å². The van der Waals surface area contributed by atoms with Crippen molar-refractivity contribution in [2.24, 2.45) is 5.73 Å². The third kappa shape index (κ3) is 4.59. The smallest absolute Gasteiger partial charge is 0.241 e. The minimum Gasteiger partial charge on any atom is -0.396 e. The second kappa shape index (κ2) is 8.68. The van der Waals surface area contributed by atoms with Crippen molar-refractivity contribution < 1.29 is 9.90 Å². The molecule has 20 heavy (non-hydrogen) atoms. The summed E-state index contributed by atoms with van der Waals surface area (Å²) in [6, 6.07) is 7.31. The molecule has 4 N–H and O–H groups in total. The van der Waals surface area contributed by atoms with Crippen LogP contribution in [0.3, 0.4) is 0 Å². The number of rotatable bonds is 8. The lowest BCUT2D eigenvalue weighted by Crippen LogP contribution is -2.42. The molecule has 1 rings (SSSR count).